The third kappa shape index (κ3) is 4.32. The highest BCUT2D eigenvalue weighted by atomic mass is 15.2. The Morgan fingerprint density at radius 1 is 0.561 bits per heavy atom. The van der Waals surface area contributed by atoms with Crippen LogP contribution in [-0.4, -0.2) is 9.55 Å². The van der Waals surface area contributed by atoms with Crippen LogP contribution in [0.3, 0.4) is 0 Å². The predicted molar refractivity (Wildman–Crippen MR) is 169 cm³/mol. The zero-order valence-electron chi connectivity index (χ0n) is 23.2. The molecular weight excluding hydrogens is 498 g/mol. The molecule has 7 aromatic rings. The normalized spacial score (nSPS) is 11.2. The number of para-hydroxylation sites is 2. The Kier molecular flexibility index (Phi) is 6.25. The van der Waals surface area contributed by atoms with E-state index in [0.29, 0.717) is 0 Å². The summed E-state index contributed by atoms with van der Waals surface area (Å²) in [7, 11) is 2.16. The van der Waals surface area contributed by atoms with Gasteiger partial charge in [0.15, 0.2) is 11.0 Å². The van der Waals surface area contributed by atoms with E-state index in [0.717, 1.165) is 28.2 Å². The third-order valence-electron chi connectivity index (χ3n) is 7.88. The molecule has 5 aromatic carbocycles. The smallest absolute Gasteiger partial charge is 0.264 e. The minimum absolute atomic E-state index is 1.12. The first-order valence-corrected chi connectivity index (χ1v) is 14.0. The minimum atomic E-state index is 1.12. The van der Waals surface area contributed by atoms with Gasteiger partial charge >= 0.3 is 0 Å². The van der Waals surface area contributed by atoms with Gasteiger partial charge in [-0.3, -0.25) is 4.98 Å². The van der Waals surface area contributed by atoms with Crippen molar-refractivity contribution in [1.82, 2.24) is 9.55 Å². The molecule has 0 fully saturated rings. The lowest BCUT2D eigenvalue weighted by atomic mass is 9.90. The molecule has 3 nitrogen and oxygen atoms in total. The Morgan fingerprint density at radius 2 is 1.10 bits per heavy atom. The van der Waals surface area contributed by atoms with Gasteiger partial charge in [-0.2, -0.15) is 4.57 Å². The predicted octanol–water partition coefficient (Wildman–Crippen LogP) is 8.83. The topological polar surface area (TPSA) is 21.7 Å². The molecule has 3 heteroatoms. The number of fused-ring (bicyclic) bond motifs is 1. The summed E-state index contributed by atoms with van der Waals surface area (Å²) in [5.41, 5.74) is 12.9. The van der Waals surface area contributed by atoms with Crippen LogP contribution in [0.4, 0.5) is 0 Å². The molecule has 0 bridgehead atoms. The maximum Gasteiger partial charge on any atom is 0.295 e. The van der Waals surface area contributed by atoms with Crippen molar-refractivity contribution in [3.63, 3.8) is 0 Å². The molecule has 0 aliphatic rings. The van der Waals surface area contributed by atoms with Crippen LogP contribution in [0.5, 0.6) is 0 Å². The highest BCUT2D eigenvalue weighted by molar-refractivity contribution is 5.94. The number of aromatic nitrogens is 3. The highest BCUT2D eigenvalue weighted by Crippen LogP contribution is 2.42. The lowest BCUT2D eigenvalue weighted by molar-refractivity contribution is -0.633. The lowest BCUT2D eigenvalue weighted by Gasteiger charge is -2.18. The van der Waals surface area contributed by atoms with Crippen LogP contribution in [0.15, 0.2) is 146 Å². The quantitative estimate of drug-likeness (QED) is 0.205. The van der Waals surface area contributed by atoms with E-state index in [1.807, 2.05) is 12.4 Å². The van der Waals surface area contributed by atoms with Crippen LogP contribution < -0.4 is 4.57 Å². The van der Waals surface area contributed by atoms with Crippen molar-refractivity contribution in [3.05, 3.63) is 151 Å². The summed E-state index contributed by atoms with van der Waals surface area (Å²) in [5, 5.41) is 0. The van der Waals surface area contributed by atoms with E-state index < -0.39 is 0 Å². The van der Waals surface area contributed by atoms with Crippen molar-refractivity contribution in [2.24, 2.45) is 7.05 Å². The zero-order valence-corrected chi connectivity index (χ0v) is 23.2. The molecule has 2 heterocycles. The number of aryl methyl sites for hydroxylation is 2. The van der Waals surface area contributed by atoms with E-state index in [2.05, 4.69) is 162 Å². The standard InChI is InChI=1S/C38H30N3/c1-27-26-39-23-22-32(27)38-40(2)35-20-12-13-21-36(35)41(38)37-33(29-16-8-4-9-17-29)24-31(28-14-6-3-7-15-28)25-34(37)30-18-10-5-11-19-30/h3-26H,1-2H3/q+1. The molecule has 7 rings (SSSR count). The highest BCUT2D eigenvalue weighted by Gasteiger charge is 2.31. The Balaban J connectivity index is 1.69. The summed E-state index contributed by atoms with van der Waals surface area (Å²) in [5.74, 6) is 1.12. The summed E-state index contributed by atoms with van der Waals surface area (Å²) < 4.78 is 4.77. The van der Waals surface area contributed by atoms with Crippen LogP contribution >= 0.6 is 0 Å². The van der Waals surface area contributed by atoms with E-state index in [1.54, 1.807) is 0 Å². The minimum Gasteiger partial charge on any atom is -0.264 e. The first-order valence-electron chi connectivity index (χ1n) is 14.0. The van der Waals surface area contributed by atoms with E-state index in [9.17, 15) is 0 Å². The molecule has 2 aromatic heterocycles. The fourth-order valence-electron chi connectivity index (χ4n) is 5.92. The average molecular weight is 529 g/mol. The first kappa shape index (κ1) is 24.7. The number of hydrogen-bond donors (Lipinski definition) is 0. The molecule has 0 N–H and O–H groups in total. The number of pyridine rings is 1. The number of hydrogen-bond acceptors (Lipinski definition) is 1. The number of nitrogens with zero attached hydrogens (tertiary/aromatic N) is 3. The van der Waals surface area contributed by atoms with E-state index in [4.69, 9.17) is 0 Å². The van der Waals surface area contributed by atoms with Gasteiger partial charge in [-0.15, -0.1) is 0 Å². The maximum absolute atomic E-state index is 4.41. The van der Waals surface area contributed by atoms with Crippen molar-refractivity contribution in [1.29, 1.82) is 0 Å². The van der Waals surface area contributed by atoms with Gasteiger partial charge in [0.1, 0.15) is 5.69 Å². The zero-order chi connectivity index (χ0) is 27.8. The maximum atomic E-state index is 4.41. The second-order valence-corrected chi connectivity index (χ2v) is 10.4. The molecule has 0 radical (unpaired) electrons. The van der Waals surface area contributed by atoms with Gasteiger partial charge in [0.25, 0.3) is 5.82 Å². The van der Waals surface area contributed by atoms with Gasteiger partial charge in [0, 0.05) is 23.5 Å². The van der Waals surface area contributed by atoms with Gasteiger partial charge < -0.3 is 0 Å². The molecule has 0 amide bonds. The van der Waals surface area contributed by atoms with Crippen LogP contribution in [0, 0.1) is 6.92 Å². The van der Waals surface area contributed by atoms with E-state index in [-0.39, 0.29) is 0 Å². The molecule has 0 spiro atoms. The van der Waals surface area contributed by atoms with Crippen LogP contribution in [0.2, 0.25) is 0 Å². The average Bonchev–Trinajstić information content (AvgIpc) is 3.33. The molecule has 41 heavy (non-hydrogen) atoms. The van der Waals surface area contributed by atoms with Crippen molar-refractivity contribution in [2.75, 3.05) is 0 Å². The second-order valence-electron chi connectivity index (χ2n) is 10.4. The van der Waals surface area contributed by atoms with Gasteiger partial charge in [0.05, 0.1) is 12.6 Å². The van der Waals surface area contributed by atoms with Crippen molar-refractivity contribution < 1.29 is 4.57 Å². The molecule has 0 aliphatic heterocycles. The second kappa shape index (κ2) is 10.4. The lowest BCUT2D eigenvalue weighted by Crippen LogP contribution is -2.30. The molecule has 0 saturated carbocycles. The fourth-order valence-corrected chi connectivity index (χ4v) is 5.92. The SMILES string of the molecule is Cc1cnccc1-c1n(-c2c(-c3ccccc3)cc(-c3ccccc3)cc2-c2ccccc2)c2ccccc2[n+]1C. The van der Waals surface area contributed by atoms with Gasteiger partial charge in [-0.05, 0) is 65.1 Å². The van der Waals surface area contributed by atoms with Crippen LogP contribution in [0.25, 0.3) is 61.5 Å². The summed E-state index contributed by atoms with van der Waals surface area (Å²) in [6.07, 6.45) is 3.84. The summed E-state index contributed by atoms with van der Waals surface area (Å²) >= 11 is 0. The van der Waals surface area contributed by atoms with E-state index >= 15 is 0 Å². The monoisotopic (exact) mass is 528 g/mol. The Hall–Kier alpha value is -5.28. The van der Waals surface area contributed by atoms with Gasteiger partial charge in [-0.25, -0.2) is 4.57 Å². The molecule has 0 saturated heterocycles. The largest absolute Gasteiger partial charge is 0.295 e. The third-order valence-corrected chi connectivity index (χ3v) is 7.88. The Bertz CT molecular complexity index is 1930. The molecular formula is C38H30N3+. The van der Waals surface area contributed by atoms with Gasteiger partial charge in [-0.1, -0.05) is 103 Å². The summed E-state index contributed by atoms with van der Waals surface area (Å²) in [4.78, 5) is 4.41. The first-order chi connectivity index (χ1) is 20.2. The van der Waals surface area contributed by atoms with Crippen molar-refractivity contribution in [3.8, 4) is 50.5 Å². The Labute approximate surface area is 240 Å². The van der Waals surface area contributed by atoms with Crippen LogP contribution in [-0.2, 0) is 7.05 Å². The number of rotatable bonds is 5. The number of imidazole rings is 1. The van der Waals surface area contributed by atoms with Gasteiger partial charge in [0.2, 0.25) is 0 Å². The Morgan fingerprint density at radius 3 is 1.68 bits per heavy atom. The fraction of sp³-hybridized carbons (Fsp3) is 0.0526. The summed E-state index contributed by atoms with van der Waals surface area (Å²) in [6, 6.07) is 47.7. The molecule has 0 aliphatic carbocycles. The summed E-state index contributed by atoms with van der Waals surface area (Å²) in [6.45, 7) is 2.14. The van der Waals surface area contributed by atoms with Crippen molar-refractivity contribution in [2.45, 2.75) is 6.92 Å². The van der Waals surface area contributed by atoms with Crippen LogP contribution in [0.1, 0.15) is 5.56 Å². The molecule has 196 valence electrons. The number of benzene rings is 5. The molecule has 0 unspecified atom stereocenters. The molecule has 0 atom stereocenters. The van der Waals surface area contributed by atoms with E-state index in [1.165, 1.54) is 38.9 Å². The van der Waals surface area contributed by atoms with Crippen molar-refractivity contribution >= 4 is 11.0 Å².